The van der Waals surface area contributed by atoms with Gasteiger partial charge in [-0.05, 0) is 38.8 Å². The van der Waals surface area contributed by atoms with Gasteiger partial charge in [0.15, 0.2) is 0 Å². The van der Waals surface area contributed by atoms with Crippen molar-refractivity contribution in [3.05, 3.63) is 11.4 Å². The van der Waals surface area contributed by atoms with Crippen LogP contribution in [0.5, 0.6) is 0 Å². The first-order valence-corrected chi connectivity index (χ1v) is 7.93. The first kappa shape index (κ1) is 21.2. The molecule has 0 aromatic rings. The molecule has 4 nitrogen and oxygen atoms in total. The summed E-state index contributed by atoms with van der Waals surface area (Å²) in [5, 5.41) is 8.17. The van der Waals surface area contributed by atoms with Crippen LogP contribution >= 0.6 is 0 Å². The molecule has 0 aliphatic heterocycles. The number of unbranched alkanes of at least 4 members (excludes halogenated alkanes) is 9. The normalized spacial score (nSPS) is 9.20. The van der Waals surface area contributed by atoms with E-state index >= 15 is 0 Å². The zero-order valence-electron chi connectivity index (χ0n) is 12.9. The molecule has 20 heavy (non-hydrogen) atoms. The molecule has 0 radical (unpaired) electrons. The quantitative estimate of drug-likeness (QED) is 0.423. The first-order chi connectivity index (χ1) is 9.83. The van der Waals surface area contributed by atoms with Crippen LogP contribution in [0.15, 0.2) is 0 Å². The maximum atomic E-state index is 8.17. The van der Waals surface area contributed by atoms with E-state index in [0.717, 1.165) is 38.8 Å². The van der Waals surface area contributed by atoms with Crippen LogP contribution in [0.1, 0.15) is 70.6 Å². The molecule has 0 saturated heterocycles. The lowest BCUT2D eigenvalue weighted by Crippen LogP contribution is -1.99. The molecule has 4 N–H and O–H groups in total. The van der Waals surface area contributed by atoms with Gasteiger partial charge < -0.3 is 16.3 Å². The molecule has 0 fully saturated rings. The molecule has 4 heteroatoms. The Labute approximate surface area is 125 Å². The van der Waals surface area contributed by atoms with Gasteiger partial charge in [0.1, 0.15) is 0 Å². The highest BCUT2D eigenvalue weighted by Gasteiger charge is 1.89. The third kappa shape index (κ3) is 25.7. The Morgan fingerprint density at radius 3 is 1.65 bits per heavy atom. The molecule has 0 heterocycles. The van der Waals surface area contributed by atoms with E-state index in [4.69, 9.17) is 23.3 Å². The van der Waals surface area contributed by atoms with Crippen LogP contribution < -0.4 is 11.5 Å². The Kier molecular flexibility index (Phi) is 24.4. The Bertz CT molecular complexity index is 214. The molecular weight excluding hydrogens is 248 g/mol. The highest BCUT2D eigenvalue weighted by atomic mass is 14.6. The highest BCUT2D eigenvalue weighted by Crippen LogP contribution is 2.03. The summed E-state index contributed by atoms with van der Waals surface area (Å²) < 4.78 is 0. The fraction of sp³-hybridized carbons (Fsp3) is 0.875. The lowest BCUT2D eigenvalue weighted by molar-refractivity contribution is 0.601. The van der Waals surface area contributed by atoms with Crippen molar-refractivity contribution >= 4 is 0 Å². The molecule has 0 aromatic heterocycles. The number of nitrogens with two attached hydrogens (primary N) is 2. The maximum Gasteiger partial charge on any atom is 0.214 e. The second-order valence-corrected chi connectivity index (χ2v) is 4.90. The Morgan fingerprint density at radius 2 is 1.20 bits per heavy atom. The Balaban J connectivity index is 0. The minimum atomic E-state index is 0.645. The van der Waals surface area contributed by atoms with Crippen LogP contribution in [0.2, 0.25) is 0 Å². The molecule has 0 amide bonds. The molecular formula is C16H32N4. The van der Waals surface area contributed by atoms with Gasteiger partial charge in [-0.15, -0.1) is 0 Å². The smallest absolute Gasteiger partial charge is 0.214 e. The largest absolute Gasteiger partial charge is 0.330 e. The zero-order chi connectivity index (χ0) is 15.3. The fourth-order valence-corrected chi connectivity index (χ4v) is 1.74. The van der Waals surface area contributed by atoms with Crippen molar-refractivity contribution in [2.75, 3.05) is 19.6 Å². The number of rotatable bonds is 12. The summed E-state index contributed by atoms with van der Waals surface area (Å²) in [4.78, 5) is 3.24. The number of nitrogens with zero attached hydrogens (tertiary/aromatic N) is 2. The van der Waals surface area contributed by atoms with Crippen LogP contribution in [0, 0.1) is 17.9 Å². The van der Waals surface area contributed by atoms with Gasteiger partial charge in [0.2, 0.25) is 6.54 Å². The van der Waals surface area contributed by atoms with E-state index in [1.807, 2.05) is 0 Å². The molecule has 0 spiro atoms. The third-order valence-electron chi connectivity index (χ3n) is 2.97. The van der Waals surface area contributed by atoms with Crippen molar-refractivity contribution in [3.63, 3.8) is 0 Å². The summed E-state index contributed by atoms with van der Waals surface area (Å²) in [7, 11) is 0. The van der Waals surface area contributed by atoms with E-state index in [-0.39, 0.29) is 0 Å². The monoisotopic (exact) mass is 280 g/mol. The van der Waals surface area contributed by atoms with E-state index in [0.29, 0.717) is 13.0 Å². The SMILES string of the molecule is NCCCCCCCCN.[C-]#[N+]CCCCCCC#N. The van der Waals surface area contributed by atoms with Crippen LogP contribution in [0.25, 0.3) is 4.85 Å². The van der Waals surface area contributed by atoms with Crippen molar-refractivity contribution in [1.82, 2.24) is 0 Å². The summed E-state index contributed by atoms with van der Waals surface area (Å²) in [6.07, 6.45) is 12.5. The Morgan fingerprint density at radius 1 is 0.750 bits per heavy atom. The second-order valence-electron chi connectivity index (χ2n) is 4.90. The van der Waals surface area contributed by atoms with Gasteiger partial charge in [0.05, 0.1) is 6.07 Å². The molecule has 0 aliphatic rings. The van der Waals surface area contributed by atoms with Crippen LogP contribution in [-0.2, 0) is 0 Å². The van der Waals surface area contributed by atoms with Gasteiger partial charge in [0, 0.05) is 12.8 Å². The van der Waals surface area contributed by atoms with Crippen molar-refractivity contribution in [2.45, 2.75) is 70.6 Å². The third-order valence-corrected chi connectivity index (χ3v) is 2.97. The summed E-state index contributed by atoms with van der Waals surface area (Å²) in [6.45, 7) is 8.83. The number of hydrogen-bond donors (Lipinski definition) is 2. The van der Waals surface area contributed by atoms with Crippen molar-refractivity contribution in [2.24, 2.45) is 11.5 Å². The average molecular weight is 280 g/mol. The summed E-state index contributed by atoms with van der Waals surface area (Å²) in [6, 6.07) is 2.10. The standard InChI is InChI=1S/C8H12N2.C8H20N2/c1-10-8-6-4-2-3-5-7-9;9-7-5-3-1-2-4-6-8-10/h2-6,8H2;1-10H2. The fourth-order valence-electron chi connectivity index (χ4n) is 1.74. The van der Waals surface area contributed by atoms with Crippen LogP contribution in [0.4, 0.5) is 0 Å². The molecule has 0 aromatic carbocycles. The van der Waals surface area contributed by atoms with Crippen LogP contribution in [-0.4, -0.2) is 19.6 Å². The maximum absolute atomic E-state index is 8.17. The molecule has 0 unspecified atom stereocenters. The lowest BCUT2D eigenvalue weighted by atomic mass is 10.1. The molecule has 0 aliphatic carbocycles. The summed E-state index contributed by atoms with van der Waals surface area (Å²) in [5.41, 5.74) is 10.7. The predicted molar refractivity (Wildman–Crippen MR) is 86.0 cm³/mol. The minimum absolute atomic E-state index is 0.645. The molecule has 0 saturated carbocycles. The average Bonchev–Trinajstić information content (AvgIpc) is 2.47. The molecule has 0 rings (SSSR count). The summed E-state index contributed by atoms with van der Waals surface area (Å²) in [5.74, 6) is 0. The second kappa shape index (κ2) is 23.0. The lowest BCUT2D eigenvalue weighted by Gasteiger charge is -1.97. The van der Waals surface area contributed by atoms with Gasteiger partial charge in [-0.25, -0.2) is 6.57 Å². The predicted octanol–water partition coefficient (Wildman–Crippen LogP) is 3.62. The molecule has 0 bridgehead atoms. The molecule has 0 atom stereocenters. The summed E-state index contributed by atoms with van der Waals surface area (Å²) >= 11 is 0. The van der Waals surface area contributed by atoms with Gasteiger partial charge in [-0.3, -0.25) is 0 Å². The van der Waals surface area contributed by atoms with E-state index in [9.17, 15) is 0 Å². The van der Waals surface area contributed by atoms with Crippen molar-refractivity contribution < 1.29 is 0 Å². The van der Waals surface area contributed by atoms with Crippen LogP contribution in [0.3, 0.4) is 0 Å². The van der Waals surface area contributed by atoms with Gasteiger partial charge in [-0.2, -0.15) is 5.26 Å². The number of nitriles is 1. The first-order valence-electron chi connectivity index (χ1n) is 7.93. The Hall–Kier alpha value is -1.10. The topological polar surface area (TPSA) is 80.2 Å². The number of hydrogen-bond acceptors (Lipinski definition) is 3. The van der Waals surface area contributed by atoms with E-state index in [2.05, 4.69) is 10.9 Å². The van der Waals surface area contributed by atoms with E-state index in [1.54, 1.807) is 0 Å². The van der Waals surface area contributed by atoms with Gasteiger partial charge in [-0.1, -0.05) is 32.1 Å². The van der Waals surface area contributed by atoms with Crippen molar-refractivity contribution in [1.29, 1.82) is 5.26 Å². The zero-order valence-corrected chi connectivity index (χ0v) is 12.9. The highest BCUT2D eigenvalue weighted by molar-refractivity contribution is 4.68. The van der Waals surface area contributed by atoms with E-state index in [1.165, 1.54) is 38.5 Å². The minimum Gasteiger partial charge on any atom is -0.330 e. The van der Waals surface area contributed by atoms with E-state index < -0.39 is 0 Å². The molecule has 116 valence electrons. The van der Waals surface area contributed by atoms with Gasteiger partial charge >= 0.3 is 0 Å². The van der Waals surface area contributed by atoms with Gasteiger partial charge in [0.25, 0.3) is 0 Å². The van der Waals surface area contributed by atoms with Crippen molar-refractivity contribution in [3.8, 4) is 6.07 Å².